The maximum absolute atomic E-state index is 11.9. The van der Waals surface area contributed by atoms with Gasteiger partial charge in [0.1, 0.15) is 0 Å². The lowest BCUT2D eigenvalue weighted by atomic mass is 10.3. The Labute approximate surface area is 75.9 Å². The van der Waals surface area contributed by atoms with Gasteiger partial charge in [0.05, 0.1) is 12.4 Å². The molecule has 1 fully saturated rings. The van der Waals surface area contributed by atoms with Crippen molar-refractivity contribution in [3.8, 4) is 0 Å². The second kappa shape index (κ2) is 3.32. The van der Waals surface area contributed by atoms with Crippen molar-refractivity contribution in [1.29, 1.82) is 0 Å². The van der Waals surface area contributed by atoms with Crippen LogP contribution in [0.5, 0.6) is 0 Å². The van der Waals surface area contributed by atoms with E-state index in [0.29, 0.717) is 24.7 Å². The Bertz CT molecular complexity index is 292. The quantitative estimate of drug-likeness (QED) is 0.762. The van der Waals surface area contributed by atoms with E-state index in [0.717, 1.165) is 18.5 Å². The SMILES string of the molecule is Nc1nnn(CCCF)c1C1CC1. The highest BCUT2D eigenvalue weighted by molar-refractivity contribution is 5.38. The lowest BCUT2D eigenvalue weighted by Gasteiger charge is -2.03. The van der Waals surface area contributed by atoms with Crippen molar-refractivity contribution in [1.82, 2.24) is 15.0 Å². The molecule has 0 atom stereocenters. The Morgan fingerprint density at radius 1 is 1.54 bits per heavy atom. The molecule has 5 heteroatoms. The van der Waals surface area contributed by atoms with Crippen molar-refractivity contribution in [2.75, 3.05) is 12.4 Å². The molecule has 0 amide bonds. The number of hydrogen-bond acceptors (Lipinski definition) is 3. The molecule has 2 rings (SSSR count). The van der Waals surface area contributed by atoms with E-state index in [1.807, 2.05) is 0 Å². The van der Waals surface area contributed by atoms with Crippen LogP contribution in [0.3, 0.4) is 0 Å². The van der Waals surface area contributed by atoms with Crippen molar-refractivity contribution in [3.63, 3.8) is 0 Å². The molecule has 1 aromatic heterocycles. The summed E-state index contributed by atoms with van der Waals surface area (Å²) in [4.78, 5) is 0. The minimum absolute atomic E-state index is 0.316. The summed E-state index contributed by atoms with van der Waals surface area (Å²) < 4.78 is 13.7. The molecule has 1 saturated carbocycles. The van der Waals surface area contributed by atoms with Crippen LogP contribution in [0.2, 0.25) is 0 Å². The van der Waals surface area contributed by atoms with Gasteiger partial charge in [-0.05, 0) is 19.3 Å². The standard InChI is InChI=1S/C8H13FN4/c9-4-1-5-13-7(6-2-3-6)8(10)11-12-13/h6H,1-5,10H2. The van der Waals surface area contributed by atoms with Crippen molar-refractivity contribution < 1.29 is 4.39 Å². The molecule has 2 N–H and O–H groups in total. The third-order valence-electron chi connectivity index (χ3n) is 2.27. The normalized spacial score (nSPS) is 16.4. The van der Waals surface area contributed by atoms with Crippen LogP contribution in [-0.4, -0.2) is 21.7 Å². The number of hydrogen-bond donors (Lipinski definition) is 1. The van der Waals surface area contributed by atoms with E-state index in [9.17, 15) is 4.39 Å². The van der Waals surface area contributed by atoms with Crippen LogP contribution in [0.1, 0.15) is 30.9 Å². The molecule has 0 radical (unpaired) electrons. The third kappa shape index (κ3) is 1.64. The molecule has 0 saturated heterocycles. The molecule has 13 heavy (non-hydrogen) atoms. The Balaban J connectivity index is 2.13. The average Bonchev–Trinajstić information content (AvgIpc) is 2.88. The summed E-state index contributed by atoms with van der Waals surface area (Å²) in [7, 11) is 0. The summed E-state index contributed by atoms with van der Waals surface area (Å²) in [5.41, 5.74) is 6.67. The fraction of sp³-hybridized carbons (Fsp3) is 0.750. The minimum Gasteiger partial charge on any atom is -0.381 e. The van der Waals surface area contributed by atoms with Crippen molar-refractivity contribution >= 4 is 5.82 Å². The maximum Gasteiger partial charge on any atom is 0.169 e. The fourth-order valence-electron chi connectivity index (χ4n) is 1.49. The smallest absolute Gasteiger partial charge is 0.169 e. The van der Waals surface area contributed by atoms with Gasteiger partial charge in [-0.25, -0.2) is 4.68 Å². The van der Waals surface area contributed by atoms with Crippen molar-refractivity contribution in [2.45, 2.75) is 31.7 Å². The Morgan fingerprint density at radius 3 is 2.92 bits per heavy atom. The van der Waals surface area contributed by atoms with Crippen molar-refractivity contribution in [3.05, 3.63) is 5.69 Å². The number of nitrogens with two attached hydrogens (primary N) is 1. The first-order valence-corrected chi connectivity index (χ1v) is 4.57. The summed E-state index contributed by atoms with van der Waals surface area (Å²) in [5.74, 6) is 1.04. The predicted molar refractivity (Wildman–Crippen MR) is 47.0 cm³/mol. The highest BCUT2D eigenvalue weighted by atomic mass is 19.1. The molecule has 0 aromatic carbocycles. The van der Waals surface area contributed by atoms with E-state index >= 15 is 0 Å². The molecule has 0 spiro atoms. The number of nitrogen functional groups attached to an aromatic ring is 1. The summed E-state index contributed by atoms with van der Waals surface area (Å²) in [6.45, 7) is 0.274. The van der Waals surface area contributed by atoms with Gasteiger partial charge in [-0.2, -0.15) is 0 Å². The molecule has 1 heterocycles. The summed E-state index contributed by atoms with van der Waals surface area (Å²) >= 11 is 0. The molecular weight excluding hydrogens is 171 g/mol. The maximum atomic E-state index is 11.9. The van der Waals surface area contributed by atoms with Gasteiger partial charge in [0.25, 0.3) is 0 Å². The van der Waals surface area contributed by atoms with Gasteiger partial charge in [0.2, 0.25) is 0 Å². The molecule has 0 bridgehead atoms. The van der Waals surface area contributed by atoms with Crippen LogP contribution in [0.25, 0.3) is 0 Å². The van der Waals surface area contributed by atoms with Crippen LogP contribution in [-0.2, 0) is 6.54 Å². The van der Waals surface area contributed by atoms with Crippen LogP contribution >= 0.6 is 0 Å². The van der Waals surface area contributed by atoms with Gasteiger partial charge in [-0.3, -0.25) is 4.39 Å². The van der Waals surface area contributed by atoms with Gasteiger partial charge in [-0.15, -0.1) is 5.10 Å². The molecular formula is C8H13FN4. The predicted octanol–water partition coefficient (Wildman–Crippen LogP) is 1.10. The van der Waals surface area contributed by atoms with E-state index < -0.39 is 0 Å². The highest BCUT2D eigenvalue weighted by Crippen LogP contribution is 2.41. The zero-order chi connectivity index (χ0) is 9.26. The van der Waals surface area contributed by atoms with Gasteiger partial charge in [-0.1, -0.05) is 5.21 Å². The van der Waals surface area contributed by atoms with E-state index in [2.05, 4.69) is 10.3 Å². The summed E-state index contributed by atoms with van der Waals surface area (Å²) in [6.07, 6.45) is 2.81. The van der Waals surface area contributed by atoms with E-state index in [1.54, 1.807) is 4.68 Å². The van der Waals surface area contributed by atoms with Gasteiger partial charge in [0.15, 0.2) is 5.82 Å². The van der Waals surface area contributed by atoms with Gasteiger partial charge < -0.3 is 5.73 Å². The molecule has 1 aliphatic rings. The number of halogens is 1. The summed E-state index contributed by atoms with van der Waals surface area (Å²) in [6, 6.07) is 0. The number of nitrogens with zero attached hydrogens (tertiary/aromatic N) is 3. The molecule has 1 aliphatic carbocycles. The minimum atomic E-state index is -0.316. The topological polar surface area (TPSA) is 56.7 Å². The van der Waals surface area contributed by atoms with Crippen LogP contribution in [0.15, 0.2) is 0 Å². The largest absolute Gasteiger partial charge is 0.381 e. The number of alkyl halides is 1. The second-order valence-corrected chi connectivity index (χ2v) is 3.40. The zero-order valence-corrected chi connectivity index (χ0v) is 7.41. The zero-order valence-electron chi connectivity index (χ0n) is 7.41. The molecule has 4 nitrogen and oxygen atoms in total. The first kappa shape index (κ1) is 8.47. The second-order valence-electron chi connectivity index (χ2n) is 3.40. The first-order valence-electron chi connectivity index (χ1n) is 4.57. The Morgan fingerprint density at radius 2 is 2.31 bits per heavy atom. The van der Waals surface area contributed by atoms with E-state index in [4.69, 9.17) is 5.73 Å². The van der Waals surface area contributed by atoms with Gasteiger partial charge >= 0.3 is 0 Å². The molecule has 0 unspecified atom stereocenters. The Hall–Kier alpha value is -1.13. The van der Waals surface area contributed by atoms with E-state index in [-0.39, 0.29) is 6.67 Å². The fourth-order valence-corrected chi connectivity index (χ4v) is 1.49. The molecule has 0 aliphatic heterocycles. The summed E-state index contributed by atoms with van der Waals surface area (Å²) in [5, 5.41) is 7.69. The number of aryl methyl sites for hydroxylation is 1. The van der Waals surface area contributed by atoms with Crippen LogP contribution in [0, 0.1) is 0 Å². The van der Waals surface area contributed by atoms with Crippen molar-refractivity contribution in [2.24, 2.45) is 0 Å². The Kier molecular flexibility index (Phi) is 2.16. The van der Waals surface area contributed by atoms with Gasteiger partial charge in [0, 0.05) is 12.5 Å². The average molecular weight is 184 g/mol. The first-order chi connectivity index (χ1) is 6.33. The van der Waals surface area contributed by atoms with Crippen LogP contribution in [0.4, 0.5) is 10.2 Å². The third-order valence-corrected chi connectivity index (χ3v) is 2.27. The van der Waals surface area contributed by atoms with E-state index in [1.165, 1.54) is 0 Å². The monoisotopic (exact) mass is 184 g/mol. The number of aromatic nitrogens is 3. The highest BCUT2D eigenvalue weighted by Gasteiger charge is 2.30. The molecule has 1 aromatic rings. The van der Waals surface area contributed by atoms with Crippen LogP contribution < -0.4 is 5.73 Å². The number of rotatable bonds is 4. The lowest BCUT2D eigenvalue weighted by Crippen LogP contribution is -2.06. The lowest BCUT2D eigenvalue weighted by molar-refractivity contribution is 0.426. The molecule has 72 valence electrons. The number of anilines is 1.